The molecular formula is C54H36N2. The van der Waals surface area contributed by atoms with Crippen molar-refractivity contribution in [2.24, 2.45) is 0 Å². The van der Waals surface area contributed by atoms with E-state index in [-0.39, 0.29) is 0 Å². The van der Waals surface area contributed by atoms with Crippen LogP contribution in [-0.2, 0) is 6.42 Å². The lowest BCUT2D eigenvalue weighted by atomic mass is 9.95. The van der Waals surface area contributed by atoms with E-state index in [4.69, 9.17) is 4.98 Å². The zero-order valence-corrected chi connectivity index (χ0v) is 30.7. The normalized spacial score (nSPS) is 12.8. The fourth-order valence-corrected chi connectivity index (χ4v) is 8.87. The number of nitrogens with zero attached hydrogens (tertiary/aromatic N) is 2. The number of fused-ring (bicyclic) bond motifs is 3. The molecule has 9 aromatic carbocycles. The Morgan fingerprint density at radius 3 is 1.80 bits per heavy atom. The van der Waals surface area contributed by atoms with Crippen molar-refractivity contribution < 1.29 is 0 Å². The summed E-state index contributed by atoms with van der Waals surface area (Å²) >= 11 is 0. The van der Waals surface area contributed by atoms with Gasteiger partial charge in [0.15, 0.2) is 0 Å². The Balaban J connectivity index is 1.07. The van der Waals surface area contributed by atoms with Crippen molar-refractivity contribution >= 4 is 55.1 Å². The Morgan fingerprint density at radius 2 is 1.02 bits per heavy atom. The lowest BCUT2D eigenvalue weighted by Crippen LogP contribution is -2.12. The van der Waals surface area contributed by atoms with Crippen molar-refractivity contribution in [3.8, 4) is 33.4 Å². The quantitative estimate of drug-likeness (QED) is 0.153. The molecule has 262 valence electrons. The molecule has 1 heterocycles. The maximum Gasteiger partial charge on any atom is 0.145 e. The van der Waals surface area contributed by atoms with Crippen LogP contribution in [0.5, 0.6) is 0 Å². The van der Waals surface area contributed by atoms with Gasteiger partial charge in [-0.2, -0.15) is 0 Å². The second-order valence-corrected chi connectivity index (χ2v) is 14.7. The second kappa shape index (κ2) is 13.2. The van der Waals surface area contributed by atoms with E-state index in [2.05, 4.69) is 205 Å². The van der Waals surface area contributed by atoms with Gasteiger partial charge >= 0.3 is 0 Å². The maximum atomic E-state index is 5.26. The monoisotopic (exact) mass is 712 g/mol. The number of aromatic nitrogens is 1. The van der Waals surface area contributed by atoms with E-state index >= 15 is 0 Å². The van der Waals surface area contributed by atoms with Crippen LogP contribution in [0, 0.1) is 0 Å². The molecule has 1 aromatic heterocycles. The van der Waals surface area contributed by atoms with Gasteiger partial charge in [0.2, 0.25) is 0 Å². The highest BCUT2D eigenvalue weighted by molar-refractivity contribution is 6.25. The standard InChI is InChI=1S/C54H36N2/c1-3-12-36(13-4-1)37-24-28-43(29-25-37)56(54-50-32-27-41-18-11-17-40-22-23-42(35-55-54)53(50)52(40)41)44-30-33-49-48(46-20-9-10-21-47(46)51(49)34-44)31-26-39-16-7-8-19-45(39)38-14-5-2-6-15-38/h1-25,27-35H,26H2/b48-31+. The summed E-state index contributed by atoms with van der Waals surface area (Å²) in [7, 11) is 0. The van der Waals surface area contributed by atoms with Gasteiger partial charge in [-0.1, -0.05) is 170 Å². The van der Waals surface area contributed by atoms with Crippen molar-refractivity contribution in [1.82, 2.24) is 4.98 Å². The highest BCUT2D eigenvalue weighted by Gasteiger charge is 2.26. The van der Waals surface area contributed by atoms with Crippen LogP contribution in [-0.4, -0.2) is 4.98 Å². The van der Waals surface area contributed by atoms with E-state index in [0.29, 0.717) is 0 Å². The molecular weight excluding hydrogens is 677 g/mol. The van der Waals surface area contributed by atoms with Gasteiger partial charge in [-0.15, -0.1) is 0 Å². The van der Waals surface area contributed by atoms with Gasteiger partial charge in [0, 0.05) is 33.7 Å². The minimum Gasteiger partial charge on any atom is -0.295 e. The third-order valence-electron chi connectivity index (χ3n) is 11.5. The third kappa shape index (κ3) is 5.30. The molecule has 0 saturated heterocycles. The van der Waals surface area contributed by atoms with Crippen LogP contribution in [0.3, 0.4) is 0 Å². The van der Waals surface area contributed by atoms with Crippen LogP contribution in [0.2, 0.25) is 0 Å². The number of allylic oxidation sites excluding steroid dienone is 1. The zero-order chi connectivity index (χ0) is 37.0. The van der Waals surface area contributed by atoms with E-state index in [1.807, 2.05) is 6.20 Å². The van der Waals surface area contributed by atoms with Gasteiger partial charge in [-0.05, 0) is 109 Å². The average Bonchev–Trinajstić information content (AvgIpc) is 3.59. The van der Waals surface area contributed by atoms with Gasteiger partial charge in [-0.3, -0.25) is 4.90 Å². The molecule has 0 amide bonds. The molecule has 2 nitrogen and oxygen atoms in total. The first kappa shape index (κ1) is 32.2. The summed E-state index contributed by atoms with van der Waals surface area (Å²) in [6.07, 6.45) is 5.31. The first-order valence-corrected chi connectivity index (χ1v) is 19.3. The Hall–Kier alpha value is -7.29. The van der Waals surface area contributed by atoms with Crippen molar-refractivity contribution in [3.05, 3.63) is 223 Å². The molecule has 0 unspecified atom stereocenters. The number of pyridine rings is 1. The first-order valence-electron chi connectivity index (χ1n) is 19.3. The Morgan fingerprint density at radius 1 is 0.411 bits per heavy atom. The summed E-state index contributed by atoms with van der Waals surface area (Å²) in [5.74, 6) is 0.919. The van der Waals surface area contributed by atoms with Crippen LogP contribution in [0.15, 0.2) is 206 Å². The van der Waals surface area contributed by atoms with Crippen LogP contribution in [0.25, 0.3) is 71.3 Å². The fourth-order valence-electron chi connectivity index (χ4n) is 8.87. The largest absolute Gasteiger partial charge is 0.295 e. The molecule has 0 saturated carbocycles. The van der Waals surface area contributed by atoms with Gasteiger partial charge in [0.05, 0.1) is 0 Å². The van der Waals surface area contributed by atoms with E-state index in [1.165, 1.54) is 77.2 Å². The molecule has 1 aliphatic rings. The summed E-state index contributed by atoms with van der Waals surface area (Å²) in [4.78, 5) is 7.61. The first-order chi connectivity index (χ1) is 27.8. The van der Waals surface area contributed by atoms with Gasteiger partial charge in [-0.25, -0.2) is 4.98 Å². The minimum absolute atomic E-state index is 0.836. The third-order valence-corrected chi connectivity index (χ3v) is 11.5. The number of anilines is 3. The summed E-state index contributed by atoms with van der Waals surface area (Å²) in [5, 5.41) is 7.32. The maximum absolute atomic E-state index is 5.26. The van der Waals surface area contributed by atoms with Gasteiger partial charge < -0.3 is 0 Å². The zero-order valence-electron chi connectivity index (χ0n) is 30.7. The van der Waals surface area contributed by atoms with Crippen LogP contribution < -0.4 is 4.90 Å². The van der Waals surface area contributed by atoms with Crippen molar-refractivity contribution in [3.63, 3.8) is 0 Å². The number of benzene rings is 9. The summed E-state index contributed by atoms with van der Waals surface area (Å²) in [6, 6.07) is 70.3. The van der Waals surface area contributed by atoms with Crippen LogP contribution in [0.4, 0.5) is 17.2 Å². The Kier molecular flexibility index (Phi) is 7.60. The molecule has 0 aliphatic heterocycles. The highest BCUT2D eigenvalue weighted by Crippen LogP contribution is 2.49. The smallest absolute Gasteiger partial charge is 0.145 e. The molecule has 0 bridgehead atoms. The van der Waals surface area contributed by atoms with Gasteiger partial charge in [0.25, 0.3) is 0 Å². The van der Waals surface area contributed by atoms with Gasteiger partial charge in [0.1, 0.15) is 5.82 Å². The molecule has 2 heteroatoms. The molecule has 56 heavy (non-hydrogen) atoms. The van der Waals surface area contributed by atoms with E-state index in [1.54, 1.807) is 0 Å². The lowest BCUT2D eigenvalue weighted by molar-refractivity contribution is 1.21. The van der Waals surface area contributed by atoms with Crippen molar-refractivity contribution in [2.75, 3.05) is 4.90 Å². The van der Waals surface area contributed by atoms with Crippen molar-refractivity contribution in [1.29, 1.82) is 0 Å². The Labute approximate surface area is 326 Å². The summed E-state index contributed by atoms with van der Waals surface area (Å²) in [5.41, 5.74) is 14.7. The Bertz CT molecular complexity index is 3070. The molecule has 0 radical (unpaired) electrons. The number of rotatable bonds is 7. The van der Waals surface area contributed by atoms with E-state index < -0.39 is 0 Å². The van der Waals surface area contributed by atoms with E-state index in [0.717, 1.165) is 34.4 Å². The second-order valence-electron chi connectivity index (χ2n) is 14.7. The minimum atomic E-state index is 0.836. The molecule has 11 rings (SSSR count). The summed E-state index contributed by atoms with van der Waals surface area (Å²) < 4.78 is 0. The summed E-state index contributed by atoms with van der Waals surface area (Å²) in [6.45, 7) is 0. The lowest BCUT2D eigenvalue weighted by Gasteiger charge is -2.27. The molecule has 0 fully saturated rings. The molecule has 0 N–H and O–H groups in total. The van der Waals surface area contributed by atoms with Crippen LogP contribution >= 0.6 is 0 Å². The predicted molar refractivity (Wildman–Crippen MR) is 236 cm³/mol. The molecule has 0 spiro atoms. The number of hydrogen-bond acceptors (Lipinski definition) is 2. The predicted octanol–water partition coefficient (Wildman–Crippen LogP) is 14.4. The fraction of sp³-hybridized carbons (Fsp3) is 0.0185. The molecule has 10 aromatic rings. The van der Waals surface area contributed by atoms with E-state index in [9.17, 15) is 0 Å². The topological polar surface area (TPSA) is 16.1 Å². The van der Waals surface area contributed by atoms with Crippen molar-refractivity contribution in [2.45, 2.75) is 6.42 Å². The van der Waals surface area contributed by atoms with Crippen LogP contribution in [0.1, 0.15) is 16.7 Å². The average molecular weight is 713 g/mol. The molecule has 1 aliphatic carbocycles. The SMILES string of the molecule is C(/Cc1ccccc1-c1ccccc1)=C1/c2ccccc2-c2cc(N(c3ccc(-c4ccccc4)cc3)c3ncc4ccc5cccc6ccc3c4c56)ccc21. The highest BCUT2D eigenvalue weighted by atomic mass is 15.2. The molecule has 0 atom stereocenters. The number of hydrogen-bond donors (Lipinski definition) is 0.